The molecule has 0 unspecified atom stereocenters. The summed E-state index contributed by atoms with van der Waals surface area (Å²) >= 11 is 0. The standard InChI is InChI=1S/C6H9N3O2S/c1-12(10,11)9-4-5-2-7-3-6(5)8-9/h4,7H,2-3H2,1H3/i1D/hD. The van der Waals surface area contributed by atoms with E-state index in [0.717, 1.165) is 9.65 Å². The van der Waals surface area contributed by atoms with Crippen LogP contribution in [0.3, 0.4) is 0 Å². The highest BCUT2D eigenvalue weighted by Crippen LogP contribution is 2.13. The number of fused-ring (bicyclic) bond motifs is 1. The molecule has 5 nitrogen and oxygen atoms in total. The number of nitrogens with one attached hydrogen (secondary N) is 1. The molecule has 0 atom stereocenters. The Bertz CT molecular complexity index is 432. The normalized spacial score (nSPS) is 20.3. The van der Waals surface area contributed by atoms with Crippen LogP contribution < -0.4 is 5.31 Å². The van der Waals surface area contributed by atoms with E-state index in [1.54, 1.807) is 0 Å². The molecule has 1 N–H and O–H groups in total. The van der Waals surface area contributed by atoms with Gasteiger partial charge in [-0.25, -0.2) is 8.42 Å². The van der Waals surface area contributed by atoms with E-state index < -0.39 is 16.3 Å². The summed E-state index contributed by atoms with van der Waals surface area (Å²) in [6.45, 7) is 0.735. The first-order chi connectivity index (χ1) is 6.53. The molecule has 2 heterocycles. The largest absolute Gasteiger partial charge is 0.307 e. The molecule has 1 aliphatic heterocycles. The third-order valence-electron chi connectivity index (χ3n) is 1.68. The minimum absolute atomic E-state index is 0.343. The van der Waals surface area contributed by atoms with Gasteiger partial charge in [0.2, 0.25) is 0 Å². The van der Waals surface area contributed by atoms with Gasteiger partial charge in [0.15, 0.2) is 0 Å². The minimum atomic E-state index is -3.60. The maximum Gasteiger partial charge on any atom is 0.250 e. The molecule has 0 fully saturated rings. The third kappa shape index (κ3) is 1.12. The molecule has 0 bridgehead atoms. The quantitative estimate of drug-likeness (QED) is 0.634. The van der Waals surface area contributed by atoms with E-state index in [2.05, 4.69) is 5.10 Å². The molecule has 2 rings (SSSR count). The van der Waals surface area contributed by atoms with Gasteiger partial charge < -0.3 is 5.31 Å². The number of rotatable bonds is 1. The third-order valence-corrected chi connectivity index (χ3v) is 2.44. The maximum atomic E-state index is 11.2. The van der Waals surface area contributed by atoms with Crippen LogP contribution in [0.4, 0.5) is 0 Å². The Morgan fingerprint density at radius 2 is 2.67 bits per heavy atom. The van der Waals surface area contributed by atoms with Crippen LogP contribution in [0.2, 0.25) is 1.41 Å². The van der Waals surface area contributed by atoms with E-state index in [9.17, 15) is 8.42 Å². The molecule has 0 saturated carbocycles. The van der Waals surface area contributed by atoms with Crippen LogP contribution in [0.25, 0.3) is 0 Å². The van der Waals surface area contributed by atoms with Crippen molar-refractivity contribution in [2.75, 3.05) is 6.23 Å². The van der Waals surface area contributed by atoms with Crippen molar-refractivity contribution in [1.82, 2.24) is 14.5 Å². The van der Waals surface area contributed by atoms with Crippen molar-refractivity contribution in [3.8, 4) is 0 Å². The highest BCUT2D eigenvalue weighted by atomic mass is 32.2. The fraction of sp³-hybridized carbons (Fsp3) is 0.500. The second-order valence-electron chi connectivity index (χ2n) is 2.63. The number of hydrogen-bond acceptors (Lipinski definition) is 4. The Hall–Kier alpha value is -0.880. The number of aromatic nitrogens is 2. The molecule has 12 heavy (non-hydrogen) atoms. The average Bonchev–Trinajstić information content (AvgIpc) is 2.61. The van der Waals surface area contributed by atoms with Crippen molar-refractivity contribution in [2.45, 2.75) is 13.1 Å². The summed E-state index contributed by atoms with van der Waals surface area (Å²) in [4.78, 5) is 0. The molecule has 0 amide bonds. The van der Waals surface area contributed by atoms with E-state index in [4.69, 9.17) is 2.78 Å². The van der Waals surface area contributed by atoms with Crippen LogP contribution >= 0.6 is 0 Å². The summed E-state index contributed by atoms with van der Waals surface area (Å²) in [5.41, 5.74) is 1.36. The smallest absolute Gasteiger partial charge is 0.250 e. The first-order valence-electron chi connectivity index (χ1n) is 4.52. The van der Waals surface area contributed by atoms with Crippen molar-refractivity contribution in [2.24, 2.45) is 0 Å². The minimum Gasteiger partial charge on any atom is -0.307 e. The SMILES string of the molecule is [2H]CS(=O)(=O)n1cc2c(n1)CN([2H])C2. The van der Waals surface area contributed by atoms with Crippen molar-refractivity contribution in [1.29, 1.82) is 0 Å². The fourth-order valence-corrected chi connectivity index (χ4v) is 1.62. The van der Waals surface area contributed by atoms with E-state index in [-0.39, 0.29) is 0 Å². The second kappa shape index (κ2) is 2.30. The van der Waals surface area contributed by atoms with Gasteiger partial charge in [-0.3, -0.25) is 0 Å². The Balaban J connectivity index is 2.39. The predicted molar refractivity (Wildman–Crippen MR) is 43.0 cm³/mol. The van der Waals surface area contributed by atoms with Gasteiger partial charge in [-0.15, -0.1) is 0 Å². The van der Waals surface area contributed by atoms with Gasteiger partial charge in [0, 0.05) is 26.2 Å². The molecule has 0 spiro atoms. The Kier molecular flexibility index (Phi) is 1.10. The summed E-state index contributed by atoms with van der Waals surface area (Å²) < 4.78 is 37.5. The highest BCUT2D eigenvalue weighted by molar-refractivity contribution is 7.89. The summed E-state index contributed by atoms with van der Waals surface area (Å²) in [6, 6.07) is 0. The summed E-state index contributed by atoms with van der Waals surface area (Å²) in [5.74, 6) is 0. The van der Waals surface area contributed by atoms with E-state index in [1.807, 2.05) is 0 Å². The van der Waals surface area contributed by atoms with Crippen LogP contribution in [0, 0.1) is 0 Å². The predicted octanol–water partition coefficient (Wildman–Crippen LogP) is -0.706. The van der Waals surface area contributed by atoms with Gasteiger partial charge >= 0.3 is 0 Å². The first-order valence-corrected chi connectivity index (χ1v) is 4.97. The molecular formula is C6H9N3O2S. The molecule has 0 aliphatic carbocycles. The Morgan fingerprint density at radius 1 is 1.83 bits per heavy atom. The second-order valence-corrected chi connectivity index (χ2v) is 4.16. The van der Waals surface area contributed by atoms with Crippen LogP contribution in [0.1, 0.15) is 12.6 Å². The van der Waals surface area contributed by atoms with E-state index >= 15 is 0 Å². The molecule has 66 valence electrons. The van der Waals surface area contributed by atoms with Gasteiger partial charge in [0.05, 0.1) is 11.9 Å². The Morgan fingerprint density at radius 3 is 3.33 bits per heavy atom. The number of nitrogens with zero attached hydrogens (tertiary/aromatic N) is 2. The van der Waals surface area contributed by atoms with Crippen LogP contribution in [-0.2, 0) is 23.1 Å². The van der Waals surface area contributed by atoms with Crippen LogP contribution in [0.15, 0.2) is 6.20 Å². The monoisotopic (exact) mass is 189 g/mol. The zero-order valence-corrected chi connectivity index (χ0v) is 7.08. The van der Waals surface area contributed by atoms with Crippen molar-refractivity contribution >= 4 is 10.0 Å². The molecule has 6 heteroatoms. The highest BCUT2D eigenvalue weighted by Gasteiger charge is 2.17. The van der Waals surface area contributed by atoms with Crippen molar-refractivity contribution < 1.29 is 11.2 Å². The number of hydrogen-bond donors (Lipinski definition) is 1. The molecule has 1 aromatic heterocycles. The van der Waals surface area contributed by atoms with Crippen LogP contribution in [-0.4, -0.2) is 23.8 Å². The van der Waals surface area contributed by atoms with E-state index in [0.29, 0.717) is 18.8 Å². The lowest BCUT2D eigenvalue weighted by Crippen LogP contribution is -2.13. The van der Waals surface area contributed by atoms with Gasteiger partial charge in [0.1, 0.15) is 1.41 Å². The lowest BCUT2D eigenvalue weighted by atomic mass is 10.3. The molecule has 0 saturated heterocycles. The fourth-order valence-electron chi connectivity index (χ4n) is 1.11. The molecule has 0 radical (unpaired) electrons. The summed E-state index contributed by atoms with van der Waals surface area (Å²) in [7, 11) is -3.60. The van der Waals surface area contributed by atoms with Gasteiger partial charge in [-0.2, -0.15) is 9.19 Å². The molecule has 1 aromatic rings. The van der Waals surface area contributed by atoms with Gasteiger partial charge in [-0.1, -0.05) is 0 Å². The lowest BCUT2D eigenvalue weighted by molar-refractivity contribution is 0.584. The molecular weight excluding hydrogens is 178 g/mol. The molecule has 0 aromatic carbocycles. The molecule has 1 aliphatic rings. The topological polar surface area (TPSA) is 64.0 Å². The maximum absolute atomic E-state index is 11.2. The van der Waals surface area contributed by atoms with E-state index in [1.165, 1.54) is 11.5 Å². The van der Waals surface area contributed by atoms with Gasteiger partial charge in [0.25, 0.3) is 10.0 Å². The average molecular weight is 189 g/mol. The summed E-state index contributed by atoms with van der Waals surface area (Å²) in [5, 5.41) is 5.13. The zero-order valence-electron chi connectivity index (χ0n) is 8.27. The Labute approximate surface area is 73.3 Å². The van der Waals surface area contributed by atoms with Gasteiger partial charge in [-0.05, 0) is 0 Å². The van der Waals surface area contributed by atoms with Crippen LogP contribution in [0.5, 0.6) is 0 Å². The summed E-state index contributed by atoms with van der Waals surface area (Å²) in [6.07, 6.45) is 0.673. The first kappa shape index (κ1) is 5.71. The lowest BCUT2D eigenvalue weighted by Gasteiger charge is -1.96. The van der Waals surface area contributed by atoms with Crippen molar-refractivity contribution in [3.63, 3.8) is 0 Å². The zero-order chi connectivity index (χ0) is 10.3. The van der Waals surface area contributed by atoms with Crippen molar-refractivity contribution in [3.05, 3.63) is 17.5 Å².